The highest BCUT2D eigenvalue weighted by atomic mass is 79.9. The van der Waals surface area contributed by atoms with E-state index >= 15 is 0 Å². The molecular formula is C12H14BrFO2. The first-order chi connectivity index (χ1) is 7.63. The number of esters is 1. The first-order valence-electron chi connectivity index (χ1n) is 5.23. The topological polar surface area (TPSA) is 26.3 Å². The summed E-state index contributed by atoms with van der Waals surface area (Å²) in [5, 5.41) is 0. The van der Waals surface area contributed by atoms with E-state index in [2.05, 4.69) is 15.9 Å². The zero-order valence-electron chi connectivity index (χ0n) is 9.13. The van der Waals surface area contributed by atoms with Crippen LogP contribution in [-0.2, 0) is 16.0 Å². The van der Waals surface area contributed by atoms with E-state index in [4.69, 9.17) is 4.74 Å². The largest absolute Gasteiger partial charge is 0.466 e. The molecule has 2 nitrogen and oxygen atoms in total. The van der Waals surface area contributed by atoms with Crippen LogP contribution >= 0.6 is 15.9 Å². The molecule has 4 heteroatoms. The molecule has 88 valence electrons. The van der Waals surface area contributed by atoms with Crippen LogP contribution in [0.2, 0.25) is 0 Å². The van der Waals surface area contributed by atoms with Crippen molar-refractivity contribution < 1.29 is 13.9 Å². The molecule has 1 rings (SSSR count). The van der Waals surface area contributed by atoms with E-state index in [1.165, 1.54) is 6.07 Å². The number of rotatable bonds is 5. The zero-order chi connectivity index (χ0) is 12.0. The van der Waals surface area contributed by atoms with E-state index in [-0.39, 0.29) is 11.8 Å². The third-order valence-electron chi connectivity index (χ3n) is 2.15. The van der Waals surface area contributed by atoms with Gasteiger partial charge in [0.05, 0.1) is 6.61 Å². The maximum Gasteiger partial charge on any atom is 0.305 e. The predicted molar refractivity (Wildman–Crippen MR) is 63.7 cm³/mol. The molecule has 0 unspecified atom stereocenters. The summed E-state index contributed by atoms with van der Waals surface area (Å²) in [6.45, 7) is 2.16. The maximum atomic E-state index is 13.4. The van der Waals surface area contributed by atoms with Crippen LogP contribution in [0.5, 0.6) is 0 Å². The van der Waals surface area contributed by atoms with Gasteiger partial charge in [-0.25, -0.2) is 4.39 Å². The van der Waals surface area contributed by atoms with Crippen molar-refractivity contribution >= 4 is 21.9 Å². The molecule has 0 amide bonds. The van der Waals surface area contributed by atoms with E-state index in [1.807, 2.05) is 0 Å². The minimum Gasteiger partial charge on any atom is -0.466 e. The molecule has 0 atom stereocenters. The van der Waals surface area contributed by atoms with Gasteiger partial charge in [0.25, 0.3) is 0 Å². The lowest BCUT2D eigenvalue weighted by Gasteiger charge is -2.04. The third kappa shape index (κ3) is 4.31. The molecule has 0 radical (unpaired) electrons. The Balaban J connectivity index is 2.40. The number of aryl methyl sites for hydroxylation is 1. The molecule has 0 spiro atoms. The molecule has 0 aromatic heterocycles. The van der Waals surface area contributed by atoms with Gasteiger partial charge in [-0.05, 0) is 37.5 Å². The predicted octanol–water partition coefficient (Wildman–Crippen LogP) is 3.47. The summed E-state index contributed by atoms with van der Waals surface area (Å²) < 4.78 is 18.9. The number of ether oxygens (including phenoxy) is 1. The van der Waals surface area contributed by atoms with E-state index in [9.17, 15) is 9.18 Å². The summed E-state index contributed by atoms with van der Waals surface area (Å²) in [6.07, 6.45) is 1.50. The SMILES string of the molecule is CCOC(=O)CCCc1ccc(Br)cc1F. The van der Waals surface area contributed by atoms with Crippen LogP contribution in [0, 0.1) is 5.82 Å². The van der Waals surface area contributed by atoms with Crippen molar-refractivity contribution in [2.45, 2.75) is 26.2 Å². The molecule has 0 fully saturated rings. The minimum atomic E-state index is -0.238. The second kappa shape index (κ2) is 6.63. The fraction of sp³-hybridized carbons (Fsp3) is 0.417. The van der Waals surface area contributed by atoms with Gasteiger partial charge in [0, 0.05) is 10.9 Å². The molecular weight excluding hydrogens is 275 g/mol. The first-order valence-corrected chi connectivity index (χ1v) is 6.02. The Bertz CT molecular complexity index is 366. The number of benzene rings is 1. The highest BCUT2D eigenvalue weighted by molar-refractivity contribution is 9.10. The smallest absolute Gasteiger partial charge is 0.305 e. The third-order valence-corrected chi connectivity index (χ3v) is 2.64. The summed E-state index contributed by atoms with van der Waals surface area (Å²) in [5.41, 5.74) is 0.632. The van der Waals surface area contributed by atoms with Gasteiger partial charge in [0.1, 0.15) is 5.82 Å². The molecule has 16 heavy (non-hydrogen) atoms. The molecule has 1 aromatic rings. The maximum absolute atomic E-state index is 13.4. The second-order valence-electron chi connectivity index (χ2n) is 3.39. The molecule has 0 heterocycles. The van der Waals surface area contributed by atoms with E-state index in [0.717, 1.165) is 4.47 Å². The normalized spacial score (nSPS) is 10.2. The quantitative estimate of drug-likeness (QED) is 0.776. The van der Waals surface area contributed by atoms with E-state index in [1.54, 1.807) is 19.1 Å². The number of carbonyl (C=O) groups excluding carboxylic acids is 1. The van der Waals surface area contributed by atoms with Crippen molar-refractivity contribution in [1.29, 1.82) is 0 Å². The molecule has 0 aliphatic heterocycles. The Hall–Kier alpha value is -0.900. The van der Waals surface area contributed by atoms with Gasteiger partial charge in [0.15, 0.2) is 0 Å². The van der Waals surface area contributed by atoms with Crippen LogP contribution in [-0.4, -0.2) is 12.6 Å². The highest BCUT2D eigenvalue weighted by Gasteiger charge is 2.05. The average molecular weight is 289 g/mol. The van der Waals surface area contributed by atoms with Crippen LogP contribution in [0.25, 0.3) is 0 Å². The van der Waals surface area contributed by atoms with Crippen molar-refractivity contribution in [2.75, 3.05) is 6.61 Å². The Morgan fingerprint density at radius 3 is 2.88 bits per heavy atom. The Kier molecular flexibility index (Phi) is 5.46. The van der Waals surface area contributed by atoms with Gasteiger partial charge >= 0.3 is 5.97 Å². The highest BCUT2D eigenvalue weighted by Crippen LogP contribution is 2.17. The fourth-order valence-corrected chi connectivity index (χ4v) is 1.71. The summed E-state index contributed by atoms with van der Waals surface area (Å²) >= 11 is 3.19. The van der Waals surface area contributed by atoms with Gasteiger partial charge in [-0.15, -0.1) is 0 Å². The Morgan fingerprint density at radius 1 is 1.50 bits per heavy atom. The number of hydrogen-bond acceptors (Lipinski definition) is 2. The van der Waals surface area contributed by atoms with Gasteiger partial charge in [0.2, 0.25) is 0 Å². The lowest BCUT2D eigenvalue weighted by atomic mass is 10.1. The molecule has 0 N–H and O–H groups in total. The van der Waals surface area contributed by atoms with Crippen molar-refractivity contribution in [1.82, 2.24) is 0 Å². The van der Waals surface area contributed by atoms with Gasteiger partial charge in [-0.1, -0.05) is 22.0 Å². The fourth-order valence-electron chi connectivity index (χ4n) is 1.38. The van der Waals surface area contributed by atoms with Crippen molar-refractivity contribution in [2.24, 2.45) is 0 Å². The summed E-state index contributed by atoms with van der Waals surface area (Å²) in [5.74, 6) is -0.460. The minimum absolute atomic E-state index is 0.222. The molecule has 0 aliphatic carbocycles. The zero-order valence-corrected chi connectivity index (χ0v) is 10.7. The Morgan fingerprint density at radius 2 is 2.25 bits per heavy atom. The average Bonchev–Trinajstić information content (AvgIpc) is 2.22. The molecule has 0 bridgehead atoms. The number of hydrogen-bond donors (Lipinski definition) is 0. The van der Waals surface area contributed by atoms with Crippen LogP contribution < -0.4 is 0 Å². The molecule has 0 saturated carbocycles. The molecule has 0 saturated heterocycles. The van der Waals surface area contributed by atoms with E-state index in [0.29, 0.717) is 31.4 Å². The lowest BCUT2D eigenvalue weighted by Crippen LogP contribution is -2.04. The lowest BCUT2D eigenvalue weighted by molar-refractivity contribution is -0.143. The monoisotopic (exact) mass is 288 g/mol. The summed E-state index contributed by atoms with van der Waals surface area (Å²) in [7, 11) is 0. The summed E-state index contributed by atoms with van der Waals surface area (Å²) in [4.78, 5) is 11.0. The van der Waals surface area contributed by atoms with Gasteiger partial charge < -0.3 is 4.74 Å². The van der Waals surface area contributed by atoms with Crippen molar-refractivity contribution in [3.63, 3.8) is 0 Å². The van der Waals surface area contributed by atoms with Crippen LogP contribution in [0.1, 0.15) is 25.3 Å². The molecule has 0 aliphatic rings. The standard InChI is InChI=1S/C12H14BrFO2/c1-2-16-12(15)5-3-4-9-6-7-10(13)8-11(9)14/h6-8H,2-5H2,1H3. The molecule has 1 aromatic carbocycles. The van der Waals surface area contributed by atoms with E-state index < -0.39 is 0 Å². The Labute approximate surface area is 103 Å². The van der Waals surface area contributed by atoms with Gasteiger partial charge in [-0.3, -0.25) is 4.79 Å². The second-order valence-corrected chi connectivity index (χ2v) is 4.31. The van der Waals surface area contributed by atoms with Crippen molar-refractivity contribution in [3.05, 3.63) is 34.1 Å². The van der Waals surface area contributed by atoms with Crippen LogP contribution in [0.15, 0.2) is 22.7 Å². The van der Waals surface area contributed by atoms with Crippen LogP contribution in [0.3, 0.4) is 0 Å². The number of halogens is 2. The first kappa shape index (κ1) is 13.2. The number of carbonyl (C=O) groups is 1. The summed E-state index contributed by atoms with van der Waals surface area (Å²) in [6, 6.07) is 4.95. The van der Waals surface area contributed by atoms with Gasteiger partial charge in [-0.2, -0.15) is 0 Å². The van der Waals surface area contributed by atoms with Crippen molar-refractivity contribution in [3.8, 4) is 0 Å². The van der Waals surface area contributed by atoms with Crippen LogP contribution in [0.4, 0.5) is 4.39 Å².